The van der Waals surface area contributed by atoms with Crippen molar-refractivity contribution in [3.05, 3.63) is 90.5 Å². The summed E-state index contributed by atoms with van der Waals surface area (Å²) < 4.78 is 11.2. The molecule has 3 rings (SSSR count). The quantitative estimate of drug-likeness (QED) is 0.150. The number of nitrogens with two attached hydrogens (primary N) is 1. The molecule has 0 spiro atoms. The van der Waals surface area contributed by atoms with Crippen molar-refractivity contribution in [2.24, 2.45) is 5.92 Å². The largest absolute Gasteiger partial charge is 0.491 e. The minimum atomic E-state index is -0.691. The second kappa shape index (κ2) is 14.0. The molecular formula is C28H31N3O5S. The van der Waals surface area contributed by atoms with E-state index < -0.39 is 12.2 Å². The summed E-state index contributed by atoms with van der Waals surface area (Å²) in [7, 11) is 0. The average molecular weight is 522 g/mol. The summed E-state index contributed by atoms with van der Waals surface area (Å²) in [5.41, 5.74) is 8.20. The van der Waals surface area contributed by atoms with E-state index in [-0.39, 0.29) is 25.0 Å². The number of para-hydroxylation sites is 2. The zero-order valence-corrected chi connectivity index (χ0v) is 21.5. The number of ether oxygens (including phenoxy) is 2. The van der Waals surface area contributed by atoms with E-state index in [1.807, 2.05) is 25.3 Å². The Bertz CT molecular complexity index is 1200. The molecule has 0 fully saturated rings. The highest BCUT2D eigenvalue weighted by atomic mass is 32.2. The van der Waals surface area contributed by atoms with Crippen LogP contribution >= 0.6 is 11.8 Å². The number of amides is 2. The maximum atomic E-state index is 12.8. The summed E-state index contributed by atoms with van der Waals surface area (Å²) in [5.74, 6) is -0.125. The van der Waals surface area contributed by atoms with Gasteiger partial charge in [0.2, 0.25) is 5.91 Å². The van der Waals surface area contributed by atoms with Crippen LogP contribution in [-0.2, 0) is 9.53 Å². The Balaban J connectivity index is 1.74. The van der Waals surface area contributed by atoms with Crippen molar-refractivity contribution in [2.75, 3.05) is 35.8 Å². The van der Waals surface area contributed by atoms with Crippen LogP contribution in [-0.4, -0.2) is 36.6 Å². The SMILES string of the molecule is CSc1ccc(NC(=O)O[C@@H](c2ccc(OCCO)cc2)[C@@H](C)/C=C/C(=O)Nc2ccccc2N)cc1. The van der Waals surface area contributed by atoms with Gasteiger partial charge in [-0.3, -0.25) is 10.1 Å². The minimum Gasteiger partial charge on any atom is -0.491 e. The van der Waals surface area contributed by atoms with Gasteiger partial charge in [-0.15, -0.1) is 11.8 Å². The van der Waals surface area contributed by atoms with E-state index in [2.05, 4.69) is 10.6 Å². The van der Waals surface area contributed by atoms with Gasteiger partial charge in [-0.1, -0.05) is 37.3 Å². The van der Waals surface area contributed by atoms with Gasteiger partial charge in [0.1, 0.15) is 18.5 Å². The lowest BCUT2D eigenvalue weighted by molar-refractivity contribution is -0.111. The Morgan fingerprint density at radius 2 is 1.73 bits per heavy atom. The standard InChI is InChI=1S/C28H31N3O5S/c1-19(7-16-26(33)31-25-6-4-3-5-24(25)29)27(20-8-12-22(13-9-20)35-18-17-32)36-28(34)30-21-10-14-23(37-2)15-11-21/h3-16,19,27,32H,17-18,29H2,1-2H3,(H,30,34)(H,31,33)/b16-7+/t19-,27+/m0/s1. The molecule has 3 aromatic carbocycles. The van der Waals surface area contributed by atoms with Crippen LogP contribution in [0.1, 0.15) is 18.6 Å². The lowest BCUT2D eigenvalue weighted by Crippen LogP contribution is -2.21. The number of anilines is 3. The highest BCUT2D eigenvalue weighted by molar-refractivity contribution is 7.98. The molecule has 194 valence electrons. The normalized spacial score (nSPS) is 12.5. The number of aliphatic hydroxyl groups is 1. The fourth-order valence-corrected chi connectivity index (χ4v) is 3.87. The van der Waals surface area contributed by atoms with Gasteiger partial charge in [-0.05, 0) is 66.4 Å². The third-order valence-electron chi connectivity index (χ3n) is 5.39. The van der Waals surface area contributed by atoms with Crippen LogP contribution in [0.2, 0.25) is 0 Å². The molecule has 9 heteroatoms. The molecule has 0 unspecified atom stereocenters. The van der Waals surface area contributed by atoms with Crippen LogP contribution in [0.15, 0.2) is 89.8 Å². The molecule has 0 aromatic heterocycles. The number of rotatable bonds is 11. The molecule has 0 radical (unpaired) electrons. The molecule has 3 aromatic rings. The van der Waals surface area contributed by atoms with Crippen LogP contribution < -0.4 is 21.1 Å². The Morgan fingerprint density at radius 1 is 1.03 bits per heavy atom. The topological polar surface area (TPSA) is 123 Å². The summed E-state index contributed by atoms with van der Waals surface area (Å²) in [4.78, 5) is 26.3. The number of hydrogen-bond acceptors (Lipinski definition) is 7. The summed E-state index contributed by atoms with van der Waals surface area (Å²) in [6.07, 6.45) is 3.74. The van der Waals surface area contributed by atoms with Gasteiger partial charge in [-0.2, -0.15) is 0 Å². The van der Waals surface area contributed by atoms with Crippen molar-refractivity contribution in [3.63, 3.8) is 0 Å². The second-order valence-electron chi connectivity index (χ2n) is 8.12. The molecule has 2 atom stereocenters. The smallest absolute Gasteiger partial charge is 0.412 e. The van der Waals surface area contributed by atoms with Gasteiger partial charge in [0.15, 0.2) is 0 Å². The molecule has 0 aliphatic heterocycles. The third kappa shape index (κ3) is 8.59. The van der Waals surface area contributed by atoms with Crippen molar-refractivity contribution >= 4 is 40.8 Å². The monoisotopic (exact) mass is 521 g/mol. The van der Waals surface area contributed by atoms with Crippen LogP contribution in [0.4, 0.5) is 21.9 Å². The summed E-state index contributed by atoms with van der Waals surface area (Å²) in [6, 6.07) is 21.5. The lowest BCUT2D eigenvalue weighted by atomic mass is 9.96. The van der Waals surface area contributed by atoms with Crippen molar-refractivity contribution in [3.8, 4) is 5.75 Å². The predicted octanol–water partition coefficient (Wildman–Crippen LogP) is 5.48. The first-order valence-corrected chi connectivity index (χ1v) is 12.9. The van der Waals surface area contributed by atoms with E-state index in [0.717, 1.165) is 4.90 Å². The molecule has 5 N–H and O–H groups in total. The van der Waals surface area contributed by atoms with Crippen molar-refractivity contribution in [2.45, 2.75) is 17.9 Å². The fraction of sp³-hybridized carbons (Fsp3) is 0.214. The van der Waals surface area contributed by atoms with Crippen molar-refractivity contribution in [1.29, 1.82) is 0 Å². The van der Waals surface area contributed by atoms with Crippen LogP contribution in [0, 0.1) is 5.92 Å². The summed E-state index contributed by atoms with van der Waals surface area (Å²) >= 11 is 1.61. The highest BCUT2D eigenvalue weighted by Crippen LogP contribution is 2.30. The molecule has 0 aliphatic carbocycles. The lowest BCUT2D eigenvalue weighted by Gasteiger charge is -2.23. The van der Waals surface area contributed by atoms with E-state index in [1.54, 1.807) is 78.5 Å². The summed E-state index contributed by atoms with van der Waals surface area (Å²) in [6.45, 7) is 1.93. The maximum Gasteiger partial charge on any atom is 0.412 e. The van der Waals surface area contributed by atoms with Gasteiger partial charge in [-0.25, -0.2) is 4.79 Å². The van der Waals surface area contributed by atoms with E-state index >= 15 is 0 Å². The van der Waals surface area contributed by atoms with Gasteiger partial charge in [0.25, 0.3) is 0 Å². The van der Waals surface area contributed by atoms with E-state index in [9.17, 15) is 9.59 Å². The number of nitrogen functional groups attached to an aromatic ring is 1. The fourth-order valence-electron chi connectivity index (χ4n) is 3.46. The molecule has 0 aliphatic rings. The number of aliphatic hydroxyl groups excluding tert-OH is 1. The second-order valence-corrected chi connectivity index (χ2v) is 8.99. The molecule has 0 saturated heterocycles. The number of carbonyl (C=O) groups excluding carboxylic acids is 2. The Morgan fingerprint density at radius 3 is 2.38 bits per heavy atom. The number of thioether (sulfide) groups is 1. The highest BCUT2D eigenvalue weighted by Gasteiger charge is 2.23. The van der Waals surface area contributed by atoms with Crippen molar-refractivity contribution < 1.29 is 24.2 Å². The number of nitrogens with one attached hydrogen (secondary N) is 2. The van der Waals surface area contributed by atoms with E-state index in [4.69, 9.17) is 20.3 Å². The number of carbonyl (C=O) groups is 2. The van der Waals surface area contributed by atoms with E-state index in [0.29, 0.717) is 28.4 Å². The first-order valence-electron chi connectivity index (χ1n) is 11.7. The molecule has 8 nitrogen and oxygen atoms in total. The van der Waals surface area contributed by atoms with E-state index in [1.165, 1.54) is 6.08 Å². The molecule has 0 heterocycles. The number of hydrogen-bond donors (Lipinski definition) is 4. The van der Waals surface area contributed by atoms with Crippen molar-refractivity contribution in [1.82, 2.24) is 0 Å². The number of benzene rings is 3. The molecule has 0 bridgehead atoms. The van der Waals surface area contributed by atoms with Gasteiger partial charge >= 0.3 is 6.09 Å². The zero-order valence-electron chi connectivity index (χ0n) is 20.7. The Kier molecular flexibility index (Phi) is 10.4. The van der Waals surface area contributed by atoms with Crippen LogP contribution in [0.5, 0.6) is 5.75 Å². The maximum absolute atomic E-state index is 12.8. The van der Waals surface area contributed by atoms with Gasteiger partial charge in [0, 0.05) is 16.5 Å². The third-order valence-corrected chi connectivity index (χ3v) is 6.13. The summed E-state index contributed by atoms with van der Waals surface area (Å²) in [5, 5.41) is 14.5. The molecule has 2 amide bonds. The molecule has 37 heavy (non-hydrogen) atoms. The molecular weight excluding hydrogens is 490 g/mol. The van der Waals surface area contributed by atoms with Crippen LogP contribution in [0.25, 0.3) is 0 Å². The minimum absolute atomic E-state index is 0.0931. The zero-order chi connectivity index (χ0) is 26.6. The first-order chi connectivity index (χ1) is 17.9. The van der Waals surface area contributed by atoms with Crippen LogP contribution in [0.3, 0.4) is 0 Å². The average Bonchev–Trinajstić information content (AvgIpc) is 2.91. The Hall–Kier alpha value is -3.95. The predicted molar refractivity (Wildman–Crippen MR) is 148 cm³/mol. The van der Waals surface area contributed by atoms with Gasteiger partial charge < -0.3 is 25.6 Å². The van der Waals surface area contributed by atoms with Gasteiger partial charge in [0.05, 0.1) is 18.0 Å². The molecule has 0 saturated carbocycles. The first kappa shape index (κ1) is 27.6. The Labute approximate surface area is 220 Å².